The second-order valence-electron chi connectivity index (χ2n) is 5.90. The molecule has 114 valence electrons. The van der Waals surface area contributed by atoms with E-state index in [2.05, 4.69) is 5.32 Å². The van der Waals surface area contributed by atoms with E-state index in [9.17, 15) is 9.59 Å². The van der Waals surface area contributed by atoms with E-state index < -0.39 is 5.97 Å². The number of aromatic nitrogens is 1. The summed E-state index contributed by atoms with van der Waals surface area (Å²) in [6.45, 7) is 1.36. The van der Waals surface area contributed by atoms with Crippen molar-refractivity contribution in [2.45, 2.75) is 44.2 Å². The lowest BCUT2D eigenvalue weighted by atomic mass is 9.93. The van der Waals surface area contributed by atoms with Gasteiger partial charge in [-0.25, -0.2) is 9.59 Å². The van der Waals surface area contributed by atoms with Crippen LogP contribution in [0, 0.1) is 0 Å². The third-order valence-corrected chi connectivity index (χ3v) is 4.58. The number of nitrogens with zero attached hydrogens (tertiary/aromatic N) is 2. The molecule has 0 unspecified atom stereocenters. The van der Waals surface area contributed by atoms with E-state index in [1.807, 2.05) is 15.7 Å². The smallest absolute Gasteiger partial charge is 0.352 e. The van der Waals surface area contributed by atoms with Gasteiger partial charge in [0, 0.05) is 31.4 Å². The van der Waals surface area contributed by atoms with Gasteiger partial charge in [-0.1, -0.05) is 0 Å². The number of urea groups is 1. The van der Waals surface area contributed by atoms with Gasteiger partial charge in [-0.05, 0) is 44.2 Å². The van der Waals surface area contributed by atoms with Gasteiger partial charge in [-0.15, -0.1) is 0 Å². The molecule has 6 nitrogen and oxygen atoms in total. The Morgan fingerprint density at radius 2 is 1.90 bits per heavy atom. The zero-order chi connectivity index (χ0) is 14.8. The summed E-state index contributed by atoms with van der Waals surface area (Å²) >= 11 is 0. The third-order valence-electron chi connectivity index (χ3n) is 4.58. The standard InChI is InChI=1S/C15H21N3O3/c19-14(20)13-5-2-8-18(13)12-6-9-17(10-7-12)15(21)16-11-3-1-4-11/h2,5,8,11-12H,1,3-4,6-7,9-10H2,(H,16,21)(H,19,20). The molecule has 1 aliphatic carbocycles. The topological polar surface area (TPSA) is 74.6 Å². The van der Waals surface area contributed by atoms with Crippen molar-refractivity contribution in [1.82, 2.24) is 14.8 Å². The molecule has 2 fully saturated rings. The maximum atomic E-state index is 12.1. The van der Waals surface area contributed by atoms with Crippen LogP contribution >= 0.6 is 0 Å². The number of carbonyl (C=O) groups is 2. The molecule has 0 atom stereocenters. The molecule has 1 aromatic heterocycles. The Bertz CT molecular complexity index is 528. The number of likely N-dealkylation sites (tertiary alicyclic amines) is 1. The highest BCUT2D eigenvalue weighted by Crippen LogP contribution is 2.25. The first kappa shape index (κ1) is 14.0. The third kappa shape index (κ3) is 2.89. The van der Waals surface area contributed by atoms with Gasteiger partial charge < -0.3 is 19.9 Å². The van der Waals surface area contributed by atoms with Crippen LogP contribution in [0.1, 0.15) is 48.6 Å². The average Bonchev–Trinajstić information content (AvgIpc) is 2.92. The first-order valence-electron chi connectivity index (χ1n) is 7.60. The summed E-state index contributed by atoms with van der Waals surface area (Å²) in [4.78, 5) is 25.1. The van der Waals surface area contributed by atoms with Crippen LogP contribution in [0.25, 0.3) is 0 Å². The number of carbonyl (C=O) groups excluding carboxylic acids is 1. The van der Waals surface area contributed by atoms with Gasteiger partial charge >= 0.3 is 12.0 Å². The van der Waals surface area contributed by atoms with Crippen LogP contribution in [0.15, 0.2) is 18.3 Å². The Labute approximate surface area is 123 Å². The van der Waals surface area contributed by atoms with Crippen molar-refractivity contribution < 1.29 is 14.7 Å². The number of carboxylic acid groups (broad SMARTS) is 1. The van der Waals surface area contributed by atoms with E-state index in [1.165, 1.54) is 6.42 Å². The second kappa shape index (κ2) is 5.79. The SMILES string of the molecule is O=C(O)c1cccn1C1CCN(C(=O)NC2CCC2)CC1. The van der Waals surface area contributed by atoms with Crippen molar-refractivity contribution in [2.24, 2.45) is 0 Å². The summed E-state index contributed by atoms with van der Waals surface area (Å²) in [5, 5.41) is 12.2. The van der Waals surface area contributed by atoms with E-state index in [4.69, 9.17) is 5.11 Å². The van der Waals surface area contributed by atoms with Gasteiger partial charge in [0.25, 0.3) is 0 Å². The minimum atomic E-state index is -0.898. The summed E-state index contributed by atoms with van der Waals surface area (Å²) in [5.41, 5.74) is 0.326. The number of carboxylic acids is 1. The molecule has 2 N–H and O–H groups in total. The van der Waals surface area contributed by atoms with E-state index in [-0.39, 0.29) is 12.1 Å². The lowest BCUT2D eigenvalue weighted by Crippen LogP contribution is -2.49. The molecule has 1 aromatic rings. The molecule has 1 aliphatic heterocycles. The molecule has 0 spiro atoms. The molecule has 21 heavy (non-hydrogen) atoms. The molecule has 0 aromatic carbocycles. The number of hydrogen-bond acceptors (Lipinski definition) is 2. The highest BCUT2D eigenvalue weighted by Gasteiger charge is 2.27. The van der Waals surface area contributed by atoms with E-state index in [1.54, 1.807) is 12.1 Å². The number of amides is 2. The zero-order valence-corrected chi connectivity index (χ0v) is 12.0. The van der Waals surface area contributed by atoms with Crippen LogP contribution in [-0.4, -0.2) is 45.7 Å². The Kier molecular flexibility index (Phi) is 3.86. The molecule has 1 saturated carbocycles. The van der Waals surface area contributed by atoms with Crippen molar-refractivity contribution in [2.75, 3.05) is 13.1 Å². The molecule has 1 saturated heterocycles. The van der Waals surface area contributed by atoms with Crippen molar-refractivity contribution in [3.05, 3.63) is 24.0 Å². The highest BCUT2D eigenvalue weighted by atomic mass is 16.4. The fourth-order valence-electron chi connectivity index (χ4n) is 3.06. The van der Waals surface area contributed by atoms with Gasteiger partial charge in [0.1, 0.15) is 5.69 Å². The van der Waals surface area contributed by atoms with Gasteiger partial charge in [0.05, 0.1) is 0 Å². The molecular formula is C15H21N3O3. The zero-order valence-electron chi connectivity index (χ0n) is 12.0. The van der Waals surface area contributed by atoms with Gasteiger partial charge in [0.15, 0.2) is 0 Å². The molecule has 2 amide bonds. The molecule has 3 rings (SSSR count). The molecule has 6 heteroatoms. The Hall–Kier alpha value is -1.98. The largest absolute Gasteiger partial charge is 0.477 e. The lowest BCUT2D eigenvalue weighted by molar-refractivity contribution is 0.0678. The van der Waals surface area contributed by atoms with Crippen LogP contribution in [-0.2, 0) is 0 Å². The maximum absolute atomic E-state index is 12.1. The fraction of sp³-hybridized carbons (Fsp3) is 0.600. The van der Waals surface area contributed by atoms with E-state index >= 15 is 0 Å². The van der Waals surface area contributed by atoms with Crippen LogP contribution < -0.4 is 5.32 Å². The van der Waals surface area contributed by atoms with Crippen LogP contribution in [0.5, 0.6) is 0 Å². The average molecular weight is 291 g/mol. The monoisotopic (exact) mass is 291 g/mol. The molecular weight excluding hydrogens is 270 g/mol. The summed E-state index contributed by atoms with van der Waals surface area (Å²) in [6, 6.07) is 3.94. The number of aromatic carboxylic acids is 1. The fourth-order valence-corrected chi connectivity index (χ4v) is 3.06. The number of nitrogens with one attached hydrogen (secondary N) is 1. The van der Waals surface area contributed by atoms with Gasteiger partial charge in [0.2, 0.25) is 0 Å². The highest BCUT2D eigenvalue weighted by molar-refractivity contribution is 5.85. The lowest BCUT2D eigenvalue weighted by Gasteiger charge is -2.35. The van der Waals surface area contributed by atoms with Crippen molar-refractivity contribution >= 4 is 12.0 Å². The number of piperidine rings is 1. The van der Waals surface area contributed by atoms with E-state index in [0.29, 0.717) is 24.8 Å². The summed E-state index contributed by atoms with van der Waals surface area (Å²) < 4.78 is 1.82. The maximum Gasteiger partial charge on any atom is 0.352 e. The summed E-state index contributed by atoms with van der Waals surface area (Å²) in [6.07, 6.45) is 6.80. The Morgan fingerprint density at radius 3 is 2.48 bits per heavy atom. The predicted octanol–water partition coefficient (Wildman–Crippen LogP) is 2.09. The molecule has 2 heterocycles. The molecule has 2 aliphatic rings. The minimum Gasteiger partial charge on any atom is -0.477 e. The first-order chi connectivity index (χ1) is 10.1. The second-order valence-corrected chi connectivity index (χ2v) is 5.90. The Morgan fingerprint density at radius 1 is 1.19 bits per heavy atom. The molecule has 0 radical (unpaired) electrons. The normalized spacial score (nSPS) is 20.1. The number of rotatable bonds is 3. The Balaban J connectivity index is 1.55. The van der Waals surface area contributed by atoms with Crippen LogP contribution in [0.4, 0.5) is 4.79 Å². The minimum absolute atomic E-state index is 0.0316. The summed E-state index contributed by atoms with van der Waals surface area (Å²) in [5.74, 6) is -0.898. The van der Waals surface area contributed by atoms with Crippen molar-refractivity contribution in [1.29, 1.82) is 0 Å². The van der Waals surface area contributed by atoms with E-state index in [0.717, 1.165) is 25.7 Å². The molecule has 0 bridgehead atoms. The number of hydrogen-bond donors (Lipinski definition) is 2. The van der Waals surface area contributed by atoms with Crippen LogP contribution in [0.2, 0.25) is 0 Å². The van der Waals surface area contributed by atoms with Crippen LogP contribution in [0.3, 0.4) is 0 Å². The van der Waals surface area contributed by atoms with Gasteiger partial charge in [-0.3, -0.25) is 0 Å². The summed E-state index contributed by atoms with van der Waals surface area (Å²) in [7, 11) is 0. The predicted molar refractivity (Wildman–Crippen MR) is 77.4 cm³/mol. The van der Waals surface area contributed by atoms with Crippen molar-refractivity contribution in [3.63, 3.8) is 0 Å². The van der Waals surface area contributed by atoms with Crippen molar-refractivity contribution in [3.8, 4) is 0 Å². The quantitative estimate of drug-likeness (QED) is 0.895. The van der Waals surface area contributed by atoms with Gasteiger partial charge in [-0.2, -0.15) is 0 Å². The first-order valence-corrected chi connectivity index (χ1v) is 7.60.